The van der Waals surface area contributed by atoms with Crippen LogP contribution in [0.25, 0.3) is 10.2 Å². The second kappa shape index (κ2) is 4.41. The second-order valence-corrected chi connectivity index (χ2v) is 5.56. The molecule has 0 aliphatic rings. The van der Waals surface area contributed by atoms with E-state index in [1.54, 1.807) is 23.1 Å². The van der Waals surface area contributed by atoms with E-state index in [1.807, 2.05) is 0 Å². The van der Waals surface area contributed by atoms with E-state index in [1.165, 1.54) is 9.60 Å². The lowest BCUT2D eigenvalue weighted by molar-refractivity contribution is 0.897. The zero-order valence-electron chi connectivity index (χ0n) is 9.07. The molecule has 0 amide bonds. The number of anilines is 1. The van der Waals surface area contributed by atoms with Crippen molar-refractivity contribution >= 4 is 38.4 Å². The van der Waals surface area contributed by atoms with Crippen molar-refractivity contribution in [3.63, 3.8) is 0 Å². The molecular formula is C11H14N2S2. The topological polar surface area (TPSA) is 24.9 Å². The molecule has 0 spiro atoms. The molecule has 1 aromatic carbocycles. The number of hydrogen-bond acceptors (Lipinski definition) is 4. The fourth-order valence-corrected chi connectivity index (χ4v) is 2.91. The maximum absolute atomic E-state index is 4.53. The normalized spacial score (nSPS) is 11.2. The molecule has 0 unspecified atom stereocenters. The van der Waals surface area contributed by atoms with Crippen molar-refractivity contribution in [3.8, 4) is 0 Å². The Morgan fingerprint density at radius 2 is 2.20 bits per heavy atom. The number of hydrogen-bond donors (Lipinski definition) is 1. The third-order valence-electron chi connectivity index (χ3n) is 2.01. The van der Waals surface area contributed by atoms with E-state index in [-0.39, 0.29) is 0 Å². The van der Waals surface area contributed by atoms with Crippen molar-refractivity contribution in [1.82, 2.24) is 4.98 Å². The highest BCUT2D eigenvalue weighted by Gasteiger charge is 2.04. The number of aromatic nitrogens is 1. The summed E-state index contributed by atoms with van der Waals surface area (Å²) in [5, 5.41) is 4.34. The van der Waals surface area contributed by atoms with E-state index in [4.69, 9.17) is 0 Å². The maximum atomic E-state index is 4.53. The summed E-state index contributed by atoms with van der Waals surface area (Å²) in [5.41, 5.74) is 1.08. The Kier molecular flexibility index (Phi) is 3.17. The van der Waals surface area contributed by atoms with Gasteiger partial charge in [-0.3, -0.25) is 0 Å². The third kappa shape index (κ3) is 2.44. The van der Waals surface area contributed by atoms with Gasteiger partial charge in [-0.15, -0.1) is 11.8 Å². The van der Waals surface area contributed by atoms with Gasteiger partial charge in [0.25, 0.3) is 0 Å². The van der Waals surface area contributed by atoms with Crippen LogP contribution in [-0.2, 0) is 0 Å². The molecule has 80 valence electrons. The van der Waals surface area contributed by atoms with Gasteiger partial charge in [0.1, 0.15) is 0 Å². The first-order chi connectivity index (χ1) is 7.19. The van der Waals surface area contributed by atoms with Crippen LogP contribution in [0.1, 0.15) is 13.8 Å². The van der Waals surface area contributed by atoms with Crippen molar-refractivity contribution in [2.75, 3.05) is 11.6 Å². The first-order valence-electron chi connectivity index (χ1n) is 4.90. The van der Waals surface area contributed by atoms with E-state index in [2.05, 4.69) is 48.6 Å². The predicted octanol–water partition coefficient (Wildman–Crippen LogP) is 3.84. The van der Waals surface area contributed by atoms with Crippen LogP contribution < -0.4 is 5.32 Å². The fourth-order valence-electron chi connectivity index (χ4n) is 1.34. The minimum absolute atomic E-state index is 0.436. The molecule has 4 heteroatoms. The van der Waals surface area contributed by atoms with E-state index in [0.29, 0.717) is 6.04 Å². The molecule has 2 rings (SSSR count). The van der Waals surface area contributed by atoms with Gasteiger partial charge in [0.2, 0.25) is 0 Å². The summed E-state index contributed by atoms with van der Waals surface area (Å²) in [6.45, 7) is 4.25. The number of rotatable bonds is 3. The molecular weight excluding hydrogens is 224 g/mol. The smallest absolute Gasteiger partial charge is 0.183 e. The third-order valence-corrected chi connectivity index (χ3v) is 3.68. The average molecular weight is 238 g/mol. The van der Waals surface area contributed by atoms with Gasteiger partial charge in [-0.05, 0) is 38.3 Å². The molecule has 15 heavy (non-hydrogen) atoms. The van der Waals surface area contributed by atoms with E-state index in [0.717, 1.165) is 10.6 Å². The molecule has 0 atom stereocenters. The molecule has 0 radical (unpaired) electrons. The highest BCUT2D eigenvalue weighted by Crippen LogP contribution is 2.29. The number of benzene rings is 1. The van der Waals surface area contributed by atoms with Crippen molar-refractivity contribution in [2.24, 2.45) is 0 Å². The summed E-state index contributed by atoms with van der Waals surface area (Å²) in [5.74, 6) is 0. The Labute approximate surface area is 98.1 Å². The maximum Gasteiger partial charge on any atom is 0.183 e. The standard InChI is InChI=1S/C11H14N2S2/c1-7(2)12-11-13-9-5-4-8(14-3)6-10(9)15-11/h4-7H,1-3H3,(H,12,13). The number of nitrogens with zero attached hydrogens (tertiary/aromatic N) is 1. The summed E-state index contributed by atoms with van der Waals surface area (Å²) in [7, 11) is 0. The molecule has 1 N–H and O–H groups in total. The predicted molar refractivity (Wildman–Crippen MR) is 70.2 cm³/mol. The highest BCUT2D eigenvalue weighted by molar-refractivity contribution is 7.98. The monoisotopic (exact) mass is 238 g/mol. The van der Waals surface area contributed by atoms with Crippen LogP contribution in [0, 0.1) is 0 Å². The number of nitrogens with one attached hydrogen (secondary N) is 1. The molecule has 2 aromatic rings. The van der Waals surface area contributed by atoms with E-state index < -0.39 is 0 Å². The minimum Gasteiger partial charge on any atom is -0.359 e. The van der Waals surface area contributed by atoms with E-state index >= 15 is 0 Å². The molecule has 0 saturated carbocycles. The van der Waals surface area contributed by atoms with Crippen LogP contribution in [0.4, 0.5) is 5.13 Å². The van der Waals surface area contributed by atoms with Crippen molar-refractivity contribution in [2.45, 2.75) is 24.8 Å². The van der Waals surface area contributed by atoms with Crippen LogP contribution >= 0.6 is 23.1 Å². The zero-order chi connectivity index (χ0) is 10.8. The Bertz CT molecular complexity index is 463. The molecule has 1 aromatic heterocycles. The number of thioether (sulfide) groups is 1. The highest BCUT2D eigenvalue weighted by atomic mass is 32.2. The fraction of sp³-hybridized carbons (Fsp3) is 0.364. The second-order valence-electron chi connectivity index (χ2n) is 3.65. The largest absolute Gasteiger partial charge is 0.359 e. The van der Waals surface area contributed by atoms with Gasteiger partial charge in [-0.25, -0.2) is 4.98 Å². The first kappa shape index (κ1) is 10.8. The number of thiazole rings is 1. The number of fused-ring (bicyclic) bond motifs is 1. The van der Waals surface area contributed by atoms with Crippen molar-refractivity contribution in [3.05, 3.63) is 18.2 Å². The SMILES string of the molecule is CSc1ccc2nc(NC(C)C)sc2c1. The Morgan fingerprint density at radius 1 is 1.40 bits per heavy atom. The Balaban J connectivity index is 2.37. The van der Waals surface area contributed by atoms with Gasteiger partial charge in [0, 0.05) is 10.9 Å². The molecule has 0 bridgehead atoms. The molecule has 1 heterocycles. The summed E-state index contributed by atoms with van der Waals surface area (Å²) >= 11 is 3.48. The van der Waals surface area contributed by atoms with E-state index in [9.17, 15) is 0 Å². The van der Waals surface area contributed by atoms with Crippen LogP contribution in [0.3, 0.4) is 0 Å². The van der Waals surface area contributed by atoms with Crippen molar-refractivity contribution < 1.29 is 0 Å². The lowest BCUT2D eigenvalue weighted by atomic mass is 10.3. The van der Waals surface area contributed by atoms with Gasteiger partial charge in [-0.2, -0.15) is 0 Å². The average Bonchev–Trinajstić information content (AvgIpc) is 2.57. The lowest BCUT2D eigenvalue weighted by Crippen LogP contribution is -2.08. The van der Waals surface area contributed by atoms with Crippen LogP contribution in [0.15, 0.2) is 23.1 Å². The van der Waals surface area contributed by atoms with Crippen LogP contribution in [-0.4, -0.2) is 17.3 Å². The summed E-state index contributed by atoms with van der Waals surface area (Å²) in [6.07, 6.45) is 2.09. The minimum atomic E-state index is 0.436. The quantitative estimate of drug-likeness (QED) is 0.822. The Hall–Kier alpha value is -0.740. The summed E-state index contributed by atoms with van der Waals surface area (Å²) in [4.78, 5) is 5.82. The molecule has 0 aliphatic heterocycles. The molecule has 0 saturated heterocycles. The summed E-state index contributed by atoms with van der Waals surface area (Å²) in [6, 6.07) is 6.84. The lowest BCUT2D eigenvalue weighted by Gasteiger charge is -2.03. The van der Waals surface area contributed by atoms with Gasteiger partial charge in [0.15, 0.2) is 5.13 Å². The van der Waals surface area contributed by atoms with Gasteiger partial charge < -0.3 is 5.32 Å². The van der Waals surface area contributed by atoms with Crippen LogP contribution in [0.5, 0.6) is 0 Å². The molecule has 2 nitrogen and oxygen atoms in total. The van der Waals surface area contributed by atoms with Gasteiger partial charge in [0.05, 0.1) is 10.2 Å². The summed E-state index contributed by atoms with van der Waals surface area (Å²) < 4.78 is 1.25. The van der Waals surface area contributed by atoms with Crippen molar-refractivity contribution in [1.29, 1.82) is 0 Å². The molecule has 0 aliphatic carbocycles. The Morgan fingerprint density at radius 3 is 2.87 bits per heavy atom. The van der Waals surface area contributed by atoms with Crippen LogP contribution in [0.2, 0.25) is 0 Å². The van der Waals surface area contributed by atoms with Gasteiger partial charge in [-0.1, -0.05) is 11.3 Å². The zero-order valence-corrected chi connectivity index (χ0v) is 10.7. The first-order valence-corrected chi connectivity index (χ1v) is 6.94. The van der Waals surface area contributed by atoms with Gasteiger partial charge >= 0.3 is 0 Å². The molecule has 0 fully saturated rings.